The summed E-state index contributed by atoms with van der Waals surface area (Å²) in [6.07, 6.45) is 6.84. The van der Waals surface area contributed by atoms with Gasteiger partial charge in [-0.3, -0.25) is 24.5 Å². The van der Waals surface area contributed by atoms with Crippen LogP contribution in [0.4, 0.5) is 11.4 Å². The van der Waals surface area contributed by atoms with Crippen LogP contribution in [0, 0.1) is 61.9 Å². The number of carbonyl (C=O) groups is 3. The fourth-order valence-electron chi connectivity index (χ4n) is 10.0. The van der Waals surface area contributed by atoms with E-state index < -0.39 is 33.6 Å². The lowest BCUT2D eigenvalue weighted by molar-refractivity contribution is -0.384. The third kappa shape index (κ3) is 2.94. The van der Waals surface area contributed by atoms with Crippen molar-refractivity contribution in [3.63, 3.8) is 0 Å². The topological polar surface area (TPSA) is 118 Å². The first-order valence-corrected chi connectivity index (χ1v) is 14.0. The first-order valence-electron chi connectivity index (χ1n) is 14.0. The Bertz CT molecular complexity index is 1300. The fourth-order valence-corrected chi connectivity index (χ4v) is 10.0. The highest BCUT2D eigenvalue weighted by Gasteiger charge is 2.73. The van der Waals surface area contributed by atoms with Crippen molar-refractivity contribution in [3.8, 4) is 0 Å². The van der Waals surface area contributed by atoms with E-state index in [1.165, 1.54) is 17.7 Å². The van der Waals surface area contributed by atoms with Crippen LogP contribution in [0.15, 0.2) is 35.9 Å². The smallest absolute Gasteiger partial charge is 0.309 e. The maximum atomic E-state index is 14.3. The van der Waals surface area contributed by atoms with Crippen molar-refractivity contribution in [2.45, 2.75) is 66.2 Å². The minimum atomic E-state index is -0.804. The van der Waals surface area contributed by atoms with E-state index in [0.29, 0.717) is 19.3 Å². The number of para-hydroxylation sites is 2. The van der Waals surface area contributed by atoms with Gasteiger partial charge in [-0.2, -0.15) is 0 Å². The number of imide groups is 1. The van der Waals surface area contributed by atoms with Gasteiger partial charge in [0.2, 0.25) is 11.8 Å². The summed E-state index contributed by atoms with van der Waals surface area (Å²) < 4.78 is 0. The number of nitro groups is 1. The molecular formula is C30H36N2O6. The molecule has 8 atom stereocenters. The van der Waals surface area contributed by atoms with Gasteiger partial charge in [0.1, 0.15) is 5.69 Å². The van der Waals surface area contributed by atoms with Crippen LogP contribution in [0.5, 0.6) is 0 Å². The molecule has 2 bridgehead atoms. The summed E-state index contributed by atoms with van der Waals surface area (Å²) >= 11 is 0. The van der Waals surface area contributed by atoms with Gasteiger partial charge in [-0.15, -0.1) is 0 Å². The van der Waals surface area contributed by atoms with Crippen molar-refractivity contribution in [3.05, 3.63) is 46.0 Å². The summed E-state index contributed by atoms with van der Waals surface area (Å²) in [7, 11) is 0. The molecule has 7 rings (SSSR count). The number of amides is 2. The number of carboxylic acids is 1. The minimum Gasteiger partial charge on any atom is -0.481 e. The molecule has 1 aliphatic heterocycles. The Labute approximate surface area is 222 Å². The van der Waals surface area contributed by atoms with Gasteiger partial charge in [0.05, 0.1) is 22.2 Å². The molecule has 202 valence electrons. The molecule has 6 aliphatic rings. The largest absolute Gasteiger partial charge is 0.481 e. The van der Waals surface area contributed by atoms with E-state index in [0.717, 1.165) is 24.2 Å². The summed E-state index contributed by atoms with van der Waals surface area (Å²) in [4.78, 5) is 53.3. The van der Waals surface area contributed by atoms with E-state index in [1.54, 1.807) is 12.1 Å². The summed E-state index contributed by atoms with van der Waals surface area (Å²) in [5.41, 5.74) is -0.593. The Morgan fingerprint density at radius 2 is 1.82 bits per heavy atom. The normalized spacial score (nSPS) is 41.4. The standard InChI is InChI=1S/C30H36N2O6/c1-16(2)18-15-30-13-10-21-28(3,11-7-12-29(21,4)27(35)36)22(30)14-17(18)23-24(30)26(34)31(25(23)33)19-8-5-6-9-20(19)32(37)38/h5-6,8-9,15-17,21-24H,7,10-14H2,1-4H3,(H,35,36)/t17-,21-,22-,23+,24-,28-,29+,30+/m0/s1. The van der Waals surface area contributed by atoms with E-state index in [1.807, 2.05) is 6.92 Å². The molecule has 4 fully saturated rings. The third-order valence-electron chi connectivity index (χ3n) is 11.5. The molecular weight excluding hydrogens is 484 g/mol. The number of aliphatic carboxylic acids is 1. The SMILES string of the molecule is CC(C)C1=C[C@]23CC[C@H]4[C@](C)(CCC[C@@]4(C)C(=O)O)[C@@H]2C[C@@H]1[C@H]1C(=O)N(c2ccccc2[N+](=O)[O-])C(=O)[C@H]13. The molecule has 8 nitrogen and oxygen atoms in total. The predicted octanol–water partition coefficient (Wildman–Crippen LogP) is 5.61. The first-order chi connectivity index (χ1) is 17.9. The molecule has 1 spiro atoms. The molecule has 1 heterocycles. The number of fused-ring (bicyclic) bond motifs is 1. The summed E-state index contributed by atoms with van der Waals surface area (Å²) in [5.74, 6) is -2.32. The number of carbonyl (C=O) groups excluding carboxylic acids is 2. The minimum absolute atomic E-state index is 0.00379. The molecule has 38 heavy (non-hydrogen) atoms. The number of allylic oxidation sites excluding steroid dienone is 2. The molecule has 1 saturated heterocycles. The number of rotatable bonds is 4. The van der Waals surface area contributed by atoms with Gasteiger partial charge in [-0.1, -0.05) is 51.0 Å². The van der Waals surface area contributed by atoms with Crippen molar-refractivity contribution in [2.24, 2.45) is 51.8 Å². The van der Waals surface area contributed by atoms with Gasteiger partial charge < -0.3 is 5.11 Å². The number of anilines is 1. The lowest BCUT2D eigenvalue weighted by Crippen LogP contribution is -2.65. The Morgan fingerprint density at radius 3 is 2.47 bits per heavy atom. The van der Waals surface area contributed by atoms with Gasteiger partial charge in [0.15, 0.2) is 0 Å². The number of carboxylic acid groups (broad SMARTS) is 1. The lowest BCUT2D eigenvalue weighted by atomic mass is 9.34. The molecule has 0 aromatic heterocycles. The van der Waals surface area contributed by atoms with Crippen molar-refractivity contribution in [2.75, 3.05) is 4.90 Å². The van der Waals surface area contributed by atoms with Crippen LogP contribution in [0.2, 0.25) is 0 Å². The van der Waals surface area contributed by atoms with Crippen molar-refractivity contribution < 1.29 is 24.4 Å². The third-order valence-corrected chi connectivity index (χ3v) is 11.5. The molecule has 1 N–H and O–H groups in total. The van der Waals surface area contributed by atoms with Crippen LogP contribution in [0.25, 0.3) is 0 Å². The van der Waals surface area contributed by atoms with Crippen LogP contribution in [0.3, 0.4) is 0 Å². The van der Waals surface area contributed by atoms with E-state index in [2.05, 4.69) is 26.8 Å². The molecule has 5 aliphatic carbocycles. The summed E-state index contributed by atoms with van der Waals surface area (Å²) in [6, 6.07) is 6.00. The molecule has 3 saturated carbocycles. The van der Waals surface area contributed by atoms with Crippen LogP contribution in [-0.4, -0.2) is 27.8 Å². The van der Waals surface area contributed by atoms with Gasteiger partial charge in [-0.05, 0) is 74.2 Å². The van der Waals surface area contributed by atoms with Crippen molar-refractivity contribution >= 4 is 29.2 Å². The second kappa shape index (κ2) is 7.99. The van der Waals surface area contributed by atoms with Gasteiger partial charge in [0.25, 0.3) is 5.69 Å². The Morgan fingerprint density at radius 1 is 1.11 bits per heavy atom. The second-order valence-electron chi connectivity index (χ2n) is 13.2. The van der Waals surface area contributed by atoms with E-state index in [9.17, 15) is 29.6 Å². The number of hydrogen-bond donors (Lipinski definition) is 1. The number of hydrogen-bond acceptors (Lipinski definition) is 5. The zero-order chi connectivity index (χ0) is 27.4. The summed E-state index contributed by atoms with van der Waals surface area (Å²) in [6.45, 7) is 8.39. The highest BCUT2D eigenvalue weighted by molar-refractivity contribution is 6.23. The van der Waals surface area contributed by atoms with Crippen LogP contribution >= 0.6 is 0 Å². The highest BCUT2D eigenvalue weighted by Crippen LogP contribution is 2.74. The molecule has 2 amide bonds. The number of nitrogens with zero attached hydrogens (tertiary/aromatic N) is 2. The first kappa shape index (κ1) is 25.3. The molecule has 8 heteroatoms. The maximum absolute atomic E-state index is 14.3. The average Bonchev–Trinajstić information content (AvgIpc) is 3.15. The lowest BCUT2D eigenvalue weighted by Gasteiger charge is -2.68. The fraction of sp³-hybridized carbons (Fsp3) is 0.633. The zero-order valence-electron chi connectivity index (χ0n) is 22.5. The summed E-state index contributed by atoms with van der Waals surface area (Å²) in [5, 5.41) is 22.1. The Kier molecular flexibility index (Phi) is 5.31. The predicted molar refractivity (Wildman–Crippen MR) is 140 cm³/mol. The van der Waals surface area contributed by atoms with Crippen molar-refractivity contribution in [1.82, 2.24) is 0 Å². The van der Waals surface area contributed by atoms with Gasteiger partial charge in [0, 0.05) is 11.5 Å². The molecule has 1 aromatic carbocycles. The highest BCUT2D eigenvalue weighted by atomic mass is 16.6. The van der Waals surface area contributed by atoms with E-state index in [-0.39, 0.29) is 52.3 Å². The van der Waals surface area contributed by atoms with E-state index >= 15 is 0 Å². The van der Waals surface area contributed by atoms with Crippen LogP contribution in [0.1, 0.15) is 66.2 Å². The van der Waals surface area contributed by atoms with Crippen molar-refractivity contribution in [1.29, 1.82) is 0 Å². The Balaban J connectivity index is 1.50. The van der Waals surface area contributed by atoms with E-state index in [4.69, 9.17) is 0 Å². The molecule has 0 unspecified atom stereocenters. The Hall–Kier alpha value is -3.03. The second-order valence-corrected chi connectivity index (χ2v) is 13.2. The van der Waals surface area contributed by atoms with Crippen LogP contribution < -0.4 is 4.90 Å². The van der Waals surface area contributed by atoms with Gasteiger partial charge in [-0.25, -0.2) is 4.90 Å². The monoisotopic (exact) mass is 520 g/mol. The quantitative estimate of drug-likeness (QED) is 0.239. The zero-order valence-corrected chi connectivity index (χ0v) is 22.5. The average molecular weight is 521 g/mol. The number of benzene rings is 1. The number of nitro benzene ring substituents is 1. The van der Waals surface area contributed by atoms with Crippen LogP contribution in [-0.2, 0) is 14.4 Å². The maximum Gasteiger partial charge on any atom is 0.309 e. The molecule has 1 aromatic rings. The van der Waals surface area contributed by atoms with Gasteiger partial charge >= 0.3 is 5.97 Å². The molecule has 0 radical (unpaired) electrons.